The molecule has 0 aromatic carbocycles. The van der Waals surface area contributed by atoms with E-state index in [1.54, 1.807) is 27.7 Å². The van der Waals surface area contributed by atoms with Crippen LogP contribution in [0, 0.1) is 0 Å². The average Bonchev–Trinajstić information content (AvgIpc) is 1.96. The van der Waals surface area contributed by atoms with Crippen molar-refractivity contribution in [3.05, 3.63) is 0 Å². The van der Waals surface area contributed by atoms with Crippen molar-refractivity contribution < 1.29 is 31.3 Å². The lowest BCUT2D eigenvalue weighted by Gasteiger charge is -2.20. The van der Waals surface area contributed by atoms with E-state index in [2.05, 4.69) is 4.28 Å². The number of hydrogen-bond acceptors (Lipinski definition) is 2. The number of alkyl halides is 3. The van der Waals surface area contributed by atoms with Crippen molar-refractivity contribution in [2.45, 2.75) is 45.3 Å². The van der Waals surface area contributed by atoms with Crippen LogP contribution >= 0.6 is 0 Å². The summed E-state index contributed by atoms with van der Waals surface area (Å²) >= 11 is 0. The highest BCUT2D eigenvalue weighted by Gasteiger charge is 2.68. The van der Waals surface area contributed by atoms with Gasteiger partial charge in [0.15, 0.2) is 0 Å². The van der Waals surface area contributed by atoms with Crippen LogP contribution in [-0.2, 0) is 23.5 Å². The second kappa shape index (κ2) is 4.77. The number of quaternary nitrogens is 1. The maximum atomic E-state index is 12.0. The van der Waals surface area contributed by atoms with Gasteiger partial charge in [0.2, 0.25) is 0 Å². The van der Waals surface area contributed by atoms with E-state index >= 15 is 0 Å². The lowest BCUT2D eigenvalue weighted by atomic mass is 10.3. The van der Waals surface area contributed by atoms with Crippen molar-refractivity contribution >= 4 is 10.5 Å². The molecule has 1 N–H and O–H groups in total. The van der Waals surface area contributed by atoms with Crippen molar-refractivity contribution in [1.82, 2.24) is 0 Å². The summed E-state index contributed by atoms with van der Waals surface area (Å²) in [6, 6.07) is -0.774. The van der Waals surface area contributed by atoms with Gasteiger partial charge in [0.25, 0.3) is 0 Å². The van der Waals surface area contributed by atoms with Gasteiger partial charge in [-0.1, -0.05) is 0 Å². The molecule has 0 aromatic heterocycles. The fraction of sp³-hybridized carbons (Fsp3) is 1.00. The largest absolute Gasteiger partial charge is 0.651 e. The average molecular weight is 250 g/mol. The van der Waals surface area contributed by atoms with Crippen LogP contribution in [0.1, 0.15) is 27.7 Å². The monoisotopic (exact) mass is 250 g/mol. The Balaban J connectivity index is 4.76. The molecule has 0 rings (SSSR count). The zero-order chi connectivity index (χ0) is 12.4. The maximum absolute atomic E-state index is 12.0. The lowest BCUT2D eigenvalue weighted by Crippen LogP contribution is -3.17. The minimum atomic E-state index is -5.52. The fourth-order valence-electron chi connectivity index (χ4n) is 1.03. The zero-order valence-corrected chi connectivity index (χ0v) is 9.74. The molecule has 15 heavy (non-hydrogen) atoms. The van der Waals surface area contributed by atoms with Crippen LogP contribution in [-0.4, -0.2) is 17.6 Å². The molecule has 0 heterocycles. The Labute approximate surface area is 87.8 Å². The third-order valence-corrected chi connectivity index (χ3v) is 2.61. The number of hydrogen-bond donors (Lipinski definition) is 1. The maximum Gasteiger partial charge on any atom is 0.651 e. The Bertz CT molecular complexity index is 246. The minimum Gasteiger partial charge on any atom is -0.133 e. The summed E-state index contributed by atoms with van der Waals surface area (Å²) in [5.41, 5.74) is -5.37. The number of nitrogens with one attached hydrogen (secondary N) is 1. The Kier molecular flexibility index (Phi) is 4.71. The van der Waals surface area contributed by atoms with E-state index in [-0.39, 0.29) is 17.1 Å². The normalized spacial score (nSPS) is 17.5. The van der Waals surface area contributed by atoms with Crippen LogP contribution in [0.5, 0.6) is 0 Å². The van der Waals surface area contributed by atoms with E-state index in [0.717, 1.165) is 0 Å². The molecule has 0 spiro atoms. The van der Waals surface area contributed by atoms with Crippen molar-refractivity contribution in [1.29, 1.82) is 0 Å². The van der Waals surface area contributed by atoms with Gasteiger partial charge < -0.3 is 0 Å². The molecule has 4 nitrogen and oxygen atoms in total. The molecule has 1 radical (unpaired) electrons. The molecule has 0 aliphatic heterocycles. The third kappa shape index (κ3) is 4.06. The van der Waals surface area contributed by atoms with E-state index in [0.29, 0.717) is 0 Å². The van der Waals surface area contributed by atoms with Crippen molar-refractivity contribution in [2.24, 2.45) is 0 Å². The van der Waals surface area contributed by atoms with E-state index in [1.807, 2.05) is 0 Å². The van der Waals surface area contributed by atoms with E-state index in [1.165, 1.54) is 0 Å². The summed E-state index contributed by atoms with van der Waals surface area (Å²) in [7, 11) is -5.52. The van der Waals surface area contributed by atoms with Gasteiger partial charge in [0.1, 0.15) is 12.1 Å². The van der Waals surface area contributed by atoms with Crippen molar-refractivity contribution in [2.75, 3.05) is 0 Å². The third-order valence-electron chi connectivity index (χ3n) is 1.63. The molecule has 8 heteroatoms. The first-order valence-corrected chi connectivity index (χ1v) is 5.77. The molecule has 91 valence electrons. The summed E-state index contributed by atoms with van der Waals surface area (Å²) in [6.45, 7) is 6.28. The van der Waals surface area contributed by atoms with Gasteiger partial charge in [-0.25, -0.2) is 0 Å². The SMILES string of the molecule is CC(C)[NH+](O[S+]([O])(=O)C(F)(F)F)C(C)C. The Morgan fingerprint density at radius 2 is 1.47 bits per heavy atom. The highest BCUT2D eigenvalue weighted by atomic mass is 32.3. The number of rotatable bonds is 4. The molecule has 0 fully saturated rings. The molecule has 0 amide bonds. The zero-order valence-electron chi connectivity index (χ0n) is 8.92. The van der Waals surface area contributed by atoms with Crippen LogP contribution in [0.15, 0.2) is 0 Å². The standard InChI is InChI=1S/C7H14F3NO3S/c1-5(2)11(6(3)4)14-15(12,13)7(8,9)10/h5-6H,1-4H3/q+1/p+1. The lowest BCUT2D eigenvalue weighted by molar-refractivity contribution is -1.10. The molecule has 1 unspecified atom stereocenters. The van der Waals surface area contributed by atoms with Crippen LogP contribution < -0.4 is 5.06 Å². The summed E-state index contributed by atoms with van der Waals surface area (Å²) in [5, 5.41) is -0.0904. The predicted molar refractivity (Wildman–Crippen MR) is 47.1 cm³/mol. The van der Waals surface area contributed by atoms with Crippen LogP contribution in [0.3, 0.4) is 0 Å². The Morgan fingerprint density at radius 3 is 1.67 bits per heavy atom. The van der Waals surface area contributed by atoms with Gasteiger partial charge in [-0.3, -0.25) is 0 Å². The molecular weight excluding hydrogens is 235 g/mol. The quantitative estimate of drug-likeness (QED) is 0.595. The number of hydroxylamine groups is 2. The van der Waals surface area contributed by atoms with Crippen LogP contribution in [0.25, 0.3) is 0 Å². The first-order chi connectivity index (χ1) is 6.49. The molecule has 0 aromatic rings. The van der Waals surface area contributed by atoms with Gasteiger partial charge in [-0.05, 0) is 31.9 Å². The van der Waals surface area contributed by atoms with E-state index in [4.69, 9.17) is 0 Å². The first-order valence-electron chi connectivity index (χ1n) is 4.36. The Hall–Kier alpha value is -0.180. The second-order valence-electron chi connectivity index (χ2n) is 3.69. The summed E-state index contributed by atoms with van der Waals surface area (Å²) in [6.07, 6.45) is 0. The van der Waals surface area contributed by atoms with Crippen LogP contribution in [0.4, 0.5) is 13.2 Å². The highest BCUT2D eigenvalue weighted by molar-refractivity contribution is 7.93. The van der Waals surface area contributed by atoms with E-state index in [9.17, 15) is 21.9 Å². The van der Waals surface area contributed by atoms with Gasteiger partial charge >= 0.3 is 16.0 Å². The Morgan fingerprint density at radius 1 is 1.13 bits per heavy atom. The predicted octanol–water partition coefficient (Wildman–Crippen LogP) is 0.900. The summed E-state index contributed by atoms with van der Waals surface area (Å²) in [4.78, 5) is 0. The first kappa shape index (κ1) is 14.8. The highest BCUT2D eigenvalue weighted by Crippen LogP contribution is 2.28. The number of halogens is 3. The van der Waals surface area contributed by atoms with E-state index < -0.39 is 16.0 Å². The minimum absolute atomic E-state index is 0.0904. The molecule has 0 saturated heterocycles. The molecule has 0 bridgehead atoms. The fourth-order valence-corrected chi connectivity index (χ4v) is 1.77. The molecule has 1 atom stereocenters. The molecule has 0 aliphatic carbocycles. The molecule has 0 aliphatic rings. The summed E-state index contributed by atoms with van der Waals surface area (Å²) < 4.78 is 61.5. The molecular formula is C7H15F3NO3S+2. The van der Waals surface area contributed by atoms with Gasteiger partial charge in [-0.15, -0.1) is 18.2 Å². The van der Waals surface area contributed by atoms with Gasteiger partial charge in [-0.2, -0.15) is 0 Å². The van der Waals surface area contributed by atoms with Crippen LogP contribution in [0.2, 0.25) is 0 Å². The van der Waals surface area contributed by atoms with Gasteiger partial charge in [0.05, 0.1) is 8.84 Å². The van der Waals surface area contributed by atoms with Crippen molar-refractivity contribution in [3.8, 4) is 0 Å². The van der Waals surface area contributed by atoms with Crippen molar-refractivity contribution in [3.63, 3.8) is 0 Å². The second-order valence-corrected chi connectivity index (χ2v) is 5.23. The molecule has 0 saturated carbocycles. The summed E-state index contributed by atoms with van der Waals surface area (Å²) in [5.74, 6) is 0. The van der Waals surface area contributed by atoms with Gasteiger partial charge in [0, 0.05) is 0 Å². The topological polar surface area (TPSA) is 50.6 Å². The smallest absolute Gasteiger partial charge is 0.133 e.